The lowest BCUT2D eigenvalue weighted by atomic mass is 10.1. The molecule has 1 aliphatic heterocycles. The number of hydrogen-bond acceptors (Lipinski definition) is 4. The molecule has 0 amide bonds. The molecule has 4 nitrogen and oxygen atoms in total. The first kappa shape index (κ1) is 12.8. The molecule has 0 radical (unpaired) electrons. The number of aromatic nitrogens is 2. The molecule has 1 aliphatic rings. The van der Waals surface area contributed by atoms with E-state index in [0.29, 0.717) is 5.89 Å². The van der Waals surface area contributed by atoms with Crippen LogP contribution in [0.4, 0.5) is 0 Å². The van der Waals surface area contributed by atoms with E-state index in [1.807, 2.05) is 24.3 Å². The zero-order valence-electron chi connectivity index (χ0n) is 10.6. The summed E-state index contributed by atoms with van der Waals surface area (Å²) in [5.74, 6) is 1.37. The van der Waals surface area contributed by atoms with Gasteiger partial charge in [-0.25, -0.2) is 0 Å². The van der Waals surface area contributed by atoms with Crippen molar-refractivity contribution in [2.45, 2.75) is 31.7 Å². The molecule has 19 heavy (non-hydrogen) atoms. The van der Waals surface area contributed by atoms with Crippen molar-refractivity contribution < 1.29 is 4.52 Å². The molecular formula is C14H16BrN3O. The number of nitrogens with zero attached hydrogens (tertiary/aromatic N) is 2. The third kappa shape index (κ3) is 3.04. The van der Waals surface area contributed by atoms with Crippen molar-refractivity contribution >= 4 is 15.9 Å². The van der Waals surface area contributed by atoms with Crippen LogP contribution in [-0.2, 0) is 0 Å². The van der Waals surface area contributed by atoms with E-state index in [-0.39, 0.29) is 6.04 Å². The van der Waals surface area contributed by atoms with Gasteiger partial charge in [-0.2, -0.15) is 4.98 Å². The predicted octanol–water partition coefficient (Wildman–Crippen LogP) is 3.70. The van der Waals surface area contributed by atoms with Crippen molar-refractivity contribution in [1.82, 2.24) is 15.5 Å². The second-order valence-electron chi connectivity index (χ2n) is 4.82. The molecule has 1 saturated heterocycles. The van der Waals surface area contributed by atoms with Crippen LogP contribution < -0.4 is 5.32 Å². The summed E-state index contributed by atoms with van der Waals surface area (Å²) >= 11 is 3.42. The van der Waals surface area contributed by atoms with Crippen LogP contribution in [0.2, 0.25) is 0 Å². The van der Waals surface area contributed by atoms with Crippen molar-refractivity contribution in [2.24, 2.45) is 0 Å². The van der Waals surface area contributed by atoms with E-state index in [0.717, 1.165) is 28.8 Å². The molecule has 0 saturated carbocycles. The maximum absolute atomic E-state index is 5.37. The minimum Gasteiger partial charge on any atom is -0.334 e. The van der Waals surface area contributed by atoms with Crippen LogP contribution in [0.15, 0.2) is 33.3 Å². The second kappa shape index (κ2) is 5.84. The highest BCUT2D eigenvalue weighted by molar-refractivity contribution is 9.10. The monoisotopic (exact) mass is 321 g/mol. The molecule has 1 aromatic heterocycles. The van der Waals surface area contributed by atoms with Crippen LogP contribution in [0, 0.1) is 0 Å². The number of halogens is 1. The van der Waals surface area contributed by atoms with Gasteiger partial charge in [0.1, 0.15) is 0 Å². The average Bonchev–Trinajstić information content (AvgIpc) is 2.76. The molecular weight excluding hydrogens is 306 g/mol. The topological polar surface area (TPSA) is 51.0 Å². The Morgan fingerprint density at radius 1 is 1.16 bits per heavy atom. The lowest BCUT2D eigenvalue weighted by molar-refractivity contribution is 0.402. The number of benzene rings is 1. The van der Waals surface area contributed by atoms with Crippen molar-refractivity contribution in [3.63, 3.8) is 0 Å². The van der Waals surface area contributed by atoms with Crippen molar-refractivity contribution in [2.75, 3.05) is 6.54 Å². The molecule has 1 N–H and O–H groups in total. The maximum Gasteiger partial charge on any atom is 0.257 e. The molecule has 0 spiro atoms. The molecule has 2 heterocycles. The molecule has 1 atom stereocenters. The lowest BCUT2D eigenvalue weighted by Crippen LogP contribution is -2.21. The van der Waals surface area contributed by atoms with Gasteiger partial charge in [-0.1, -0.05) is 33.9 Å². The Morgan fingerprint density at radius 2 is 2.00 bits per heavy atom. The van der Waals surface area contributed by atoms with Crippen LogP contribution >= 0.6 is 15.9 Å². The number of nitrogens with one attached hydrogen (secondary N) is 1. The second-order valence-corrected chi connectivity index (χ2v) is 5.74. The fourth-order valence-corrected chi connectivity index (χ4v) is 2.60. The smallest absolute Gasteiger partial charge is 0.257 e. The van der Waals surface area contributed by atoms with Crippen molar-refractivity contribution in [3.8, 4) is 11.5 Å². The Kier molecular flexibility index (Phi) is 3.94. The van der Waals surface area contributed by atoms with Crippen molar-refractivity contribution in [3.05, 3.63) is 34.6 Å². The van der Waals surface area contributed by atoms with E-state index in [1.54, 1.807) is 0 Å². The normalized spacial score (nSPS) is 20.2. The fourth-order valence-electron chi connectivity index (χ4n) is 2.34. The summed E-state index contributed by atoms with van der Waals surface area (Å²) in [6.07, 6.45) is 4.81. The minimum absolute atomic E-state index is 0.232. The summed E-state index contributed by atoms with van der Waals surface area (Å²) in [5, 5.41) is 7.60. The van der Waals surface area contributed by atoms with Gasteiger partial charge in [0, 0.05) is 10.0 Å². The molecule has 1 fully saturated rings. The van der Waals surface area contributed by atoms with Gasteiger partial charge < -0.3 is 9.84 Å². The van der Waals surface area contributed by atoms with Gasteiger partial charge in [-0.15, -0.1) is 0 Å². The molecule has 0 bridgehead atoms. The summed E-state index contributed by atoms with van der Waals surface area (Å²) in [5.41, 5.74) is 0.954. The summed E-state index contributed by atoms with van der Waals surface area (Å²) in [6.45, 7) is 1.03. The highest BCUT2D eigenvalue weighted by atomic mass is 79.9. The van der Waals surface area contributed by atoms with E-state index < -0.39 is 0 Å². The third-order valence-electron chi connectivity index (χ3n) is 3.40. The molecule has 100 valence electrons. The Bertz CT molecular complexity index is 530. The Labute approximate surface area is 120 Å². The van der Waals surface area contributed by atoms with Gasteiger partial charge >= 0.3 is 0 Å². The van der Waals surface area contributed by atoms with Crippen LogP contribution in [0.5, 0.6) is 0 Å². The summed E-state index contributed by atoms with van der Waals surface area (Å²) in [6, 6.07) is 8.13. The Balaban J connectivity index is 1.80. The minimum atomic E-state index is 0.232. The van der Waals surface area contributed by atoms with Gasteiger partial charge in [-0.3, -0.25) is 0 Å². The van der Waals surface area contributed by atoms with Crippen molar-refractivity contribution in [1.29, 1.82) is 0 Å². The first-order valence-electron chi connectivity index (χ1n) is 6.66. The van der Waals surface area contributed by atoms with Crippen LogP contribution in [0.25, 0.3) is 11.5 Å². The zero-order valence-corrected chi connectivity index (χ0v) is 12.2. The third-order valence-corrected chi connectivity index (χ3v) is 3.93. The zero-order chi connectivity index (χ0) is 13.1. The van der Waals surface area contributed by atoms with E-state index >= 15 is 0 Å². The molecule has 2 aromatic rings. The van der Waals surface area contributed by atoms with E-state index in [9.17, 15) is 0 Å². The number of hydrogen-bond donors (Lipinski definition) is 1. The summed E-state index contributed by atoms with van der Waals surface area (Å²) in [7, 11) is 0. The largest absolute Gasteiger partial charge is 0.334 e. The fraction of sp³-hybridized carbons (Fsp3) is 0.429. The molecule has 5 heteroatoms. The first-order valence-corrected chi connectivity index (χ1v) is 7.45. The maximum atomic E-state index is 5.37. The standard InChI is InChI=1S/C14H16BrN3O/c15-11-7-5-10(6-8-11)14-17-13(18-19-14)12-4-2-1-3-9-16-12/h5-8,12,16H,1-4,9H2/t12-/m1/s1. The molecule has 1 aromatic carbocycles. The van der Waals surface area contributed by atoms with Crippen LogP contribution in [0.1, 0.15) is 37.5 Å². The highest BCUT2D eigenvalue weighted by Crippen LogP contribution is 2.24. The SMILES string of the molecule is Brc1ccc(-c2nc([C@H]3CCCCCN3)no2)cc1. The Morgan fingerprint density at radius 3 is 2.84 bits per heavy atom. The lowest BCUT2D eigenvalue weighted by Gasteiger charge is -2.09. The van der Waals surface area contributed by atoms with E-state index in [1.165, 1.54) is 19.3 Å². The van der Waals surface area contributed by atoms with Gasteiger partial charge in [0.05, 0.1) is 6.04 Å². The van der Waals surface area contributed by atoms with Gasteiger partial charge in [0.25, 0.3) is 5.89 Å². The van der Waals surface area contributed by atoms with Crippen LogP contribution in [-0.4, -0.2) is 16.7 Å². The number of rotatable bonds is 2. The van der Waals surface area contributed by atoms with Gasteiger partial charge in [-0.05, 0) is 43.7 Å². The van der Waals surface area contributed by atoms with Gasteiger partial charge in [0.15, 0.2) is 5.82 Å². The quantitative estimate of drug-likeness (QED) is 0.916. The average molecular weight is 322 g/mol. The Hall–Kier alpha value is -1.20. The van der Waals surface area contributed by atoms with Crippen LogP contribution in [0.3, 0.4) is 0 Å². The first-order chi connectivity index (χ1) is 9.33. The molecule has 0 aliphatic carbocycles. The highest BCUT2D eigenvalue weighted by Gasteiger charge is 2.19. The van der Waals surface area contributed by atoms with E-state index in [2.05, 4.69) is 31.4 Å². The molecule has 0 unspecified atom stereocenters. The van der Waals surface area contributed by atoms with E-state index in [4.69, 9.17) is 4.52 Å². The summed E-state index contributed by atoms with van der Waals surface area (Å²) < 4.78 is 6.41. The summed E-state index contributed by atoms with van der Waals surface area (Å²) in [4.78, 5) is 4.52. The van der Waals surface area contributed by atoms with Gasteiger partial charge in [0.2, 0.25) is 0 Å². The molecule has 3 rings (SSSR count). The predicted molar refractivity (Wildman–Crippen MR) is 76.6 cm³/mol.